The largest absolute Gasteiger partial charge is 0.440 e. The lowest BCUT2D eigenvalue weighted by molar-refractivity contribution is -0.148. The Hall–Kier alpha value is 0.255. The number of rotatable bonds is 5. The van der Waals surface area contributed by atoms with Crippen molar-refractivity contribution < 1.29 is 24.7 Å². The van der Waals surface area contributed by atoms with E-state index in [0.717, 1.165) is 7.62 Å². The summed E-state index contributed by atoms with van der Waals surface area (Å²) in [5.41, 5.74) is -0.0294. The molecule has 0 amide bonds. The molecule has 1 fully saturated rings. The second-order valence-corrected chi connectivity index (χ2v) is 4.88. The number of aliphatic hydroxyl groups is 2. The van der Waals surface area contributed by atoms with E-state index in [0.29, 0.717) is 0 Å². The Morgan fingerprint density at radius 3 is 2.60 bits per heavy atom. The first-order valence-electron chi connectivity index (χ1n) is 4.63. The average Bonchev–Trinajstić information content (AvgIpc) is 2.52. The third kappa shape index (κ3) is 3.11. The van der Waals surface area contributed by atoms with Crippen molar-refractivity contribution in [2.75, 3.05) is 7.11 Å². The number of aliphatic hydroxyl groups excluding tert-OH is 2. The maximum absolute atomic E-state index is 9.68. The van der Waals surface area contributed by atoms with Gasteiger partial charge in [0.2, 0.25) is 0 Å². The Kier molecular flexibility index (Phi) is 5.42. The van der Waals surface area contributed by atoms with Crippen LogP contribution in [-0.2, 0) is 9.47 Å². The molecule has 0 aromatic carbocycles. The minimum absolute atomic E-state index is 0.0294. The summed E-state index contributed by atoms with van der Waals surface area (Å²) < 4.78 is 10.2. The zero-order valence-electron chi connectivity index (χ0n) is 8.62. The lowest BCUT2D eigenvalue weighted by Gasteiger charge is -2.21. The molecule has 0 aromatic rings. The van der Waals surface area contributed by atoms with Crippen molar-refractivity contribution in [1.29, 1.82) is 0 Å². The Labute approximate surface area is 91.1 Å². The lowest BCUT2D eigenvalue weighted by atomic mass is 10.1. The van der Waals surface area contributed by atoms with Crippen molar-refractivity contribution in [3.63, 3.8) is 0 Å². The topological polar surface area (TPSA) is 91.2 Å². The smallest absolute Gasteiger partial charge is 0.396 e. The van der Waals surface area contributed by atoms with E-state index < -0.39 is 24.6 Å². The standard InChI is InChI=1S/C7H16BNO5P/c1-3(15-9-8-12)6-4(10)5(11)7(13-2)14-6/h3-7,9-12,15H,1-2H3/t3-,4-,5+,6+,7?/m0/s1. The molecule has 0 aliphatic carbocycles. The number of hydrogen-bond acceptors (Lipinski definition) is 6. The van der Waals surface area contributed by atoms with Gasteiger partial charge in [-0.2, -0.15) is 0 Å². The van der Waals surface area contributed by atoms with Crippen molar-refractivity contribution in [2.24, 2.45) is 0 Å². The van der Waals surface area contributed by atoms with Crippen LogP contribution in [0.2, 0.25) is 0 Å². The van der Waals surface area contributed by atoms with Crippen LogP contribution in [0.3, 0.4) is 0 Å². The molecule has 1 radical (unpaired) electrons. The molecule has 8 heteroatoms. The summed E-state index contributed by atoms with van der Waals surface area (Å²) in [6.07, 6.45) is -3.26. The van der Waals surface area contributed by atoms with Gasteiger partial charge in [-0.3, -0.25) is 0 Å². The predicted octanol–water partition coefficient (Wildman–Crippen LogP) is -1.82. The van der Waals surface area contributed by atoms with Gasteiger partial charge in [0.05, 0.1) is 6.10 Å². The second kappa shape index (κ2) is 6.10. The van der Waals surface area contributed by atoms with Crippen LogP contribution >= 0.6 is 8.73 Å². The highest BCUT2D eigenvalue weighted by Crippen LogP contribution is 2.30. The number of hydrogen-bond donors (Lipinski definition) is 4. The zero-order valence-corrected chi connectivity index (χ0v) is 9.62. The maximum atomic E-state index is 9.68. The van der Waals surface area contributed by atoms with Crippen LogP contribution in [0.15, 0.2) is 0 Å². The highest BCUT2D eigenvalue weighted by Gasteiger charge is 2.45. The molecule has 1 aliphatic rings. The number of nitrogens with one attached hydrogen (secondary N) is 1. The SMILES string of the molecule is COC1O[C@H]([C@H](C)PN[B]O)[C@@H](O)[C@H]1O. The van der Waals surface area contributed by atoms with E-state index in [-0.39, 0.29) is 14.4 Å². The molecule has 6 atom stereocenters. The van der Waals surface area contributed by atoms with Crippen LogP contribution in [0.5, 0.6) is 0 Å². The van der Waals surface area contributed by atoms with Crippen LogP contribution in [-0.4, -0.2) is 60.2 Å². The molecule has 1 aliphatic heterocycles. The molecular weight excluding hydrogens is 220 g/mol. The van der Waals surface area contributed by atoms with Crippen LogP contribution in [0.4, 0.5) is 0 Å². The van der Waals surface area contributed by atoms with Gasteiger partial charge in [0.15, 0.2) is 6.29 Å². The number of methoxy groups -OCH3 is 1. The highest BCUT2D eigenvalue weighted by molar-refractivity contribution is 7.38. The van der Waals surface area contributed by atoms with E-state index >= 15 is 0 Å². The summed E-state index contributed by atoms with van der Waals surface area (Å²) in [5, 5.41) is 27.7. The fraction of sp³-hybridized carbons (Fsp3) is 1.00. The summed E-state index contributed by atoms with van der Waals surface area (Å²) in [4.78, 5) is 2.64. The Balaban J connectivity index is 2.48. The normalized spacial score (nSPS) is 38.7. The summed E-state index contributed by atoms with van der Waals surface area (Å²) in [7, 11) is 2.46. The third-order valence-electron chi connectivity index (χ3n) is 2.36. The van der Waals surface area contributed by atoms with Gasteiger partial charge in [-0.25, -0.2) is 0 Å². The number of ether oxygens (including phenoxy) is 2. The van der Waals surface area contributed by atoms with E-state index in [1.54, 1.807) is 0 Å². The molecule has 4 N–H and O–H groups in total. The Morgan fingerprint density at radius 2 is 2.13 bits per heavy atom. The van der Waals surface area contributed by atoms with Crippen molar-refractivity contribution >= 4 is 16.3 Å². The van der Waals surface area contributed by atoms with Crippen LogP contribution < -0.4 is 5.00 Å². The van der Waals surface area contributed by atoms with Gasteiger partial charge in [0, 0.05) is 12.8 Å². The summed E-state index contributed by atoms with van der Waals surface area (Å²) in [6, 6.07) is 0. The average molecular weight is 236 g/mol. The van der Waals surface area contributed by atoms with E-state index in [9.17, 15) is 10.2 Å². The van der Waals surface area contributed by atoms with E-state index in [4.69, 9.17) is 14.5 Å². The van der Waals surface area contributed by atoms with Crippen molar-refractivity contribution in [3.05, 3.63) is 0 Å². The molecule has 0 aromatic heterocycles. The van der Waals surface area contributed by atoms with Crippen LogP contribution in [0.1, 0.15) is 6.92 Å². The van der Waals surface area contributed by atoms with Gasteiger partial charge in [-0.1, -0.05) is 15.7 Å². The fourth-order valence-electron chi connectivity index (χ4n) is 1.53. The minimum atomic E-state index is -1.02. The van der Waals surface area contributed by atoms with E-state index in [1.807, 2.05) is 6.92 Å². The summed E-state index contributed by atoms with van der Waals surface area (Å²) in [6.45, 7) is 1.85. The molecule has 0 saturated carbocycles. The van der Waals surface area contributed by atoms with E-state index in [1.165, 1.54) is 7.11 Å². The van der Waals surface area contributed by atoms with Gasteiger partial charge in [0.1, 0.15) is 12.2 Å². The molecule has 6 nitrogen and oxygen atoms in total. The minimum Gasteiger partial charge on any atom is -0.440 e. The molecule has 0 spiro atoms. The monoisotopic (exact) mass is 236 g/mol. The third-order valence-corrected chi connectivity index (χ3v) is 3.44. The van der Waals surface area contributed by atoms with Gasteiger partial charge in [0.25, 0.3) is 0 Å². The Morgan fingerprint density at radius 1 is 1.47 bits per heavy atom. The first-order chi connectivity index (χ1) is 7.11. The van der Waals surface area contributed by atoms with Gasteiger partial charge in [-0.05, 0) is 0 Å². The fourth-order valence-corrected chi connectivity index (χ4v) is 2.31. The van der Waals surface area contributed by atoms with Crippen LogP contribution in [0, 0.1) is 0 Å². The molecule has 2 unspecified atom stereocenters. The molecule has 1 rings (SSSR count). The molecule has 0 bridgehead atoms. The lowest BCUT2D eigenvalue weighted by Crippen LogP contribution is -2.37. The van der Waals surface area contributed by atoms with Crippen molar-refractivity contribution in [1.82, 2.24) is 5.00 Å². The molecule has 15 heavy (non-hydrogen) atoms. The zero-order chi connectivity index (χ0) is 11.4. The molecule has 87 valence electrons. The van der Waals surface area contributed by atoms with Gasteiger partial charge in [-0.15, -0.1) is 0 Å². The van der Waals surface area contributed by atoms with Gasteiger partial charge < -0.3 is 29.7 Å². The molecular formula is C7H16BNO5P. The second-order valence-electron chi connectivity index (χ2n) is 3.39. The molecule has 1 saturated heterocycles. The van der Waals surface area contributed by atoms with E-state index in [2.05, 4.69) is 5.00 Å². The highest BCUT2D eigenvalue weighted by atomic mass is 31.1. The first-order valence-corrected chi connectivity index (χ1v) is 5.71. The van der Waals surface area contributed by atoms with Crippen molar-refractivity contribution in [2.45, 2.75) is 37.2 Å². The van der Waals surface area contributed by atoms with Crippen molar-refractivity contribution in [3.8, 4) is 0 Å². The quantitative estimate of drug-likeness (QED) is 0.332. The Bertz CT molecular complexity index is 200. The first kappa shape index (κ1) is 13.3. The summed E-state index contributed by atoms with van der Waals surface area (Å²) >= 11 is 0. The van der Waals surface area contributed by atoms with Gasteiger partial charge >= 0.3 is 7.62 Å². The van der Waals surface area contributed by atoms with Crippen LogP contribution in [0.25, 0.3) is 0 Å². The maximum Gasteiger partial charge on any atom is 0.396 e. The summed E-state index contributed by atoms with van der Waals surface area (Å²) in [5.74, 6) is 0. The molecule has 1 heterocycles. The predicted molar refractivity (Wildman–Crippen MR) is 56.6 cm³/mol.